The third-order valence-corrected chi connectivity index (χ3v) is 3.30. The van der Waals surface area contributed by atoms with Crippen molar-refractivity contribution < 1.29 is 23.8 Å². The second-order valence-electron chi connectivity index (χ2n) is 5.32. The van der Waals surface area contributed by atoms with Crippen LogP contribution in [0.3, 0.4) is 0 Å². The fourth-order valence-corrected chi connectivity index (χ4v) is 2.06. The number of rotatable bonds is 8. The van der Waals surface area contributed by atoms with E-state index in [0.717, 1.165) is 5.56 Å². The van der Waals surface area contributed by atoms with Gasteiger partial charge >= 0.3 is 0 Å². The number of ether oxygens (including phenoxy) is 3. The van der Waals surface area contributed by atoms with Crippen LogP contribution in [0, 0.1) is 6.92 Å². The molecule has 0 fully saturated rings. The van der Waals surface area contributed by atoms with Crippen molar-refractivity contribution in [3.05, 3.63) is 54.1 Å². The van der Waals surface area contributed by atoms with E-state index in [1.165, 1.54) is 0 Å². The van der Waals surface area contributed by atoms with Gasteiger partial charge in [0, 0.05) is 0 Å². The third-order valence-electron chi connectivity index (χ3n) is 3.30. The van der Waals surface area contributed by atoms with Crippen LogP contribution in [-0.2, 0) is 9.59 Å². The Morgan fingerprint density at radius 3 is 1.77 bits per heavy atom. The number of hydrogen-bond donors (Lipinski definition) is 2. The van der Waals surface area contributed by atoms with Gasteiger partial charge in [0.25, 0.3) is 11.8 Å². The van der Waals surface area contributed by atoms with Crippen LogP contribution in [0.25, 0.3) is 0 Å². The maximum absolute atomic E-state index is 11.8. The molecule has 0 aromatic heterocycles. The number of benzene rings is 2. The maximum atomic E-state index is 11.8. The van der Waals surface area contributed by atoms with Gasteiger partial charge in [0.05, 0.1) is 6.61 Å². The number of nitrogens with one attached hydrogen (secondary N) is 2. The summed E-state index contributed by atoms with van der Waals surface area (Å²) in [4.78, 5) is 23.5. The lowest BCUT2D eigenvalue weighted by molar-refractivity contribution is -0.131. The molecule has 0 heterocycles. The zero-order chi connectivity index (χ0) is 18.8. The van der Waals surface area contributed by atoms with E-state index in [4.69, 9.17) is 14.2 Å². The van der Waals surface area contributed by atoms with Crippen LogP contribution in [-0.4, -0.2) is 31.6 Å². The van der Waals surface area contributed by atoms with Gasteiger partial charge in [-0.2, -0.15) is 0 Å². The second kappa shape index (κ2) is 9.93. The maximum Gasteiger partial charge on any atom is 0.276 e. The summed E-state index contributed by atoms with van der Waals surface area (Å²) in [5.74, 6) is 0.652. The Labute approximate surface area is 152 Å². The molecule has 7 heteroatoms. The molecule has 2 rings (SSSR count). The third kappa shape index (κ3) is 6.01. The SMILES string of the molecule is CCOc1ccccc1OCC(=O)NNC(=O)COc1ccccc1C. The van der Waals surface area contributed by atoms with Crippen LogP contribution in [0.1, 0.15) is 12.5 Å². The van der Waals surface area contributed by atoms with Crippen LogP contribution >= 0.6 is 0 Å². The van der Waals surface area contributed by atoms with E-state index < -0.39 is 11.8 Å². The molecular formula is C19H22N2O5. The molecule has 2 aromatic rings. The predicted molar refractivity (Wildman–Crippen MR) is 96.1 cm³/mol. The van der Waals surface area contributed by atoms with Gasteiger partial charge in [0.1, 0.15) is 5.75 Å². The van der Waals surface area contributed by atoms with Crippen LogP contribution in [0.5, 0.6) is 17.2 Å². The molecule has 2 amide bonds. The van der Waals surface area contributed by atoms with Crippen molar-refractivity contribution in [1.29, 1.82) is 0 Å². The second-order valence-corrected chi connectivity index (χ2v) is 5.32. The van der Waals surface area contributed by atoms with Crippen LogP contribution in [0.15, 0.2) is 48.5 Å². The lowest BCUT2D eigenvalue weighted by Gasteiger charge is -2.12. The Morgan fingerprint density at radius 2 is 1.23 bits per heavy atom. The van der Waals surface area contributed by atoms with Crippen LogP contribution in [0.2, 0.25) is 0 Å². The van der Waals surface area contributed by atoms with Gasteiger partial charge in [-0.1, -0.05) is 30.3 Å². The highest BCUT2D eigenvalue weighted by Crippen LogP contribution is 2.26. The number of amides is 2. The molecule has 26 heavy (non-hydrogen) atoms. The van der Waals surface area contributed by atoms with E-state index in [2.05, 4.69) is 10.9 Å². The molecule has 0 radical (unpaired) electrons. The van der Waals surface area contributed by atoms with Gasteiger partial charge in [0.2, 0.25) is 0 Å². The summed E-state index contributed by atoms with van der Waals surface area (Å²) in [7, 11) is 0. The molecule has 0 spiro atoms. The van der Waals surface area contributed by atoms with Gasteiger partial charge in [-0.15, -0.1) is 0 Å². The lowest BCUT2D eigenvalue weighted by atomic mass is 10.2. The molecule has 7 nitrogen and oxygen atoms in total. The highest BCUT2D eigenvalue weighted by molar-refractivity contribution is 5.83. The predicted octanol–water partition coefficient (Wildman–Crippen LogP) is 2.00. The molecular weight excluding hydrogens is 336 g/mol. The average Bonchev–Trinajstić information content (AvgIpc) is 2.65. The molecule has 0 unspecified atom stereocenters. The molecule has 0 aliphatic heterocycles. The summed E-state index contributed by atoms with van der Waals surface area (Å²) in [5.41, 5.74) is 5.47. The fourth-order valence-electron chi connectivity index (χ4n) is 2.06. The first-order valence-electron chi connectivity index (χ1n) is 8.21. The lowest BCUT2D eigenvalue weighted by Crippen LogP contribution is -2.45. The number of hydrogen-bond acceptors (Lipinski definition) is 5. The molecule has 0 bridgehead atoms. The molecule has 0 saturated heterocycles. The largest absolute Gasteiger partial charge is 0.490 e. The van der Waals surface area contributed by atoms with Gasteiger partial charge in [0.15, 0.2) is 24.7 Å². The summed E-state index contributed by atoms with van der Waals surface area (Å²) in [5, 5.41) is 0. The summed E-state index contributed by atoms with van der Waals surface area (Å²) in [6.07, 6.45) is 0. The van der Waals surface area contributed by atoms with E-state index in [9.17, 15) is 9.59 Å². The van der Waals surface area contributed by atoms with Crippen molar-refractivity contribution in [2.75, 3.05) is 19.8 Å². The number of carbonyl (C=O) groups excluding carboxylic acids is 2. The van der Waals surface area contributed by atoms with Gasteiger partial charge in [-0.25, -0.2) is 0 Å². The quantitative estimate of drug-likeness (QED) is 0.705. The van der Waals surface area contributed by atoms with Crippen molar-refractivity contribution in [2.45, 2.75) is 13.8 Å². The Balaban J connectivity index is 1.71. The molecule has 2 aromatic carbocycles. The zero-order valence-electron chi connectivity index (χ0n) is 14.8. The Kier molecular flexibility index (Phi) is 7.30. The number of carbonyl (C=O) groups is 2. The van der Waals surface area contributed by atoms with E-state index >= 15 is 0 Å². The Hall–Kier alpha value is -3.22. The van der Waals surface area contributed by atoms with E-state index in [-0.39, 0.29) is 13.2 Å². The first-order chi connectivity index (χ1) is 12.6. The van der Waals surface area contributed by atoms with E-state index in [1.807, 2.05) is 38.1 Å². The van der Waals surface area contributed by atoms with E-state index in [0.29, 0.717) is 23.9 Å². The molecule has 0 aliphatic rings. The normalized spacial score (nSPS) is 9.92. The van der Waals surface area contributed by atoms with Gasteiger partial charge < -0.3 is 14.2 Å². The zero-order valence-corrected chi connectivity index (χ0v) is 14.8. The van der Waals surface area contributed by atoms with Crippen LogP contribution in [0.4, 0.5) is 0 Å². The van der Waals surface area contributed by atoms with Crippen molar-refractivity contribution in [1.82, 2.24) is 10.9 Å². The summed E-state index contributed by atoms with van der Waals surface area (Å²) in [6.45, 7) is 3.76. The minimum Gasteiger partial charge on any atom is -0.490 e. The summed E-state index contributed by atoms with van der Waals surface area (Å²) >= 11 is 0. The fraction of sp³-hybridized carbons (Fsp3) is 0.263. The minimum absolute atomic E-state index is 0.209. The first-order valence-corrected chi connectivity index (χ1v) is 8.21. The first kappa shape index (κ1) is 19.1. The summed E-state index contributed by atoms with van der Waals surface area (Å²) < 4.78 is 16.2. The number of hydrazine groups is 1. The Bertz CT molecular complexity index is 748. The average molecular weight is 358 g/mol. The van der Waals surface area contributed by atoms with Crippen molar-refractivity contribution in [3.8, 4) is 17.2 Å². The van der Waals surface area contributed by atoms with Crippen molar-refractivity contribution >= 4 is 11.8 Å². The monoisotopic (exact) mass is 358 g/mol. The molecule has 138 valence electrons. The number of aryl methyl sites for hydroxylation is 1. The molecule has 2 N–H and O–H groups in total. The summed E-state index contributed by atoms with van der Waals surface area (Å²) in [6, 6.07) is 14.4. The topological polar surface area (TPSA) is 85.9 Å². The van der Waals surface area contributed by atoms with Crippen LogP contribution < -0.4 is 25.1 Å². The molecule has 0 atom stereocenters. The van der Waals surface area contributed by atoms with E-state index in [1.54, 1.807) is 24.3 Å². The molecule has 0 aliphatic carbocycles. The number of para-hydroxylation sites is 3. The Morgan fingerprint density at radius 1 is 0.769 bits per heavy atom. The standard InChI is InChI=1S/C19H22N2O5/c1-3-24-16-10-6-7-11-17(16)26-13-19(23)21-20-18(22)12-25-15-9-5-4-8-14(15)2/h4-11H,3,12-13H2,1-2H3,(H,20,22)(H,21,23). The minimum atomic E-state index is -0.499. The highest BCUT2D eigenvalue weighted by Gasteiger charge is 2.09. The smallest absolute Gasteiger partial charge is 0.276 e. The van der Waals surface area contributed by atoms with Gasteiger partial charge in [-0.05, 0) is 37.6 Å². The van der Waals surface area contributed by atoms with Crippen molar-refractivity contribution in [2.24, 2.45) is 0 Å². The van der Waals surface area contributed by atoms with Gasteiger partial charge in [-0.3, -0.25) is 20.4 Å². The molecule has 0 saturated carbocycles. The van der Waals surface area contributed by atoms with Crippen molar-refractivity contribution in [3.63, 3.8) is 0 Å². The highest BCUT2D eigenvalue weighted by atomic mass is 16.5.